The molecule has 0 aromatic heterocycles. The number of hydrogen-bond donors (Lipinski definition) is 1. The number of Topliss-reactive ketones (excluding diaryl/α,β-unsaturated/α-hetero) is 1. The fourth-order valence-corrected chi connectivity index (χ4v) is 4.27. The van der Waals surface area contributed by atoms with Gasteiger partial charge in [0.25, 0.3) is 11.7 Å². The summed E-state index contributed by atoms with van der Waals surface area (Å²) in [5, 5.41) is 11.4. The molecule has 0 radical (unpaired) electrons. The number of nitrogens with zero attached hydrogens (tertiary/aromatic N) is 2. The molecule has 2 aromatic carbocycles. The fraction of sp³-hybridized carbons (Fsp3) is 0.360. The number of carbonyl (C=O) groups excluding carboxylic acids is 2. The average Bonchev–Trinajstić information content (AvgIpc) is 3.08. The minimum Gasteiger partial charge on any atom is -0.507 e. The van der Waals surface area contributed by atoms with Gasteiger partial charge >= 0.3 is 0 Å². The molecule has 1 atom stereocenters. The van der Waals surface area contributed by atoms with Gasteiger partial charge in [0.05, 0.1) is 30.4 Å². The predicted molar refractivity (Wildman–Crippen MR) is 129 cm³/mol. The number of amides is 1. The first-order chi connectivity index (χ1) is 15.9. The van der Waals surface area contributed by atoms with Crippen LogP contribution < -0.4 is 9.64 Å². The zero-order valence-corrected chi connectivity index (χ0v) is 20.1. The zero-order valence-electron chi connectivity index (χ0n) is 19.3. The van der Waals surface area contributed by atoms with Crippen LogP contribution in [0.3, 0.4) is 0 Å². The van der Waals surface area contributed by atoms with Crippen LogP contribution in [0.5, 0.6) is 5.75 Å². The van der Waals surface area contributed by atoms with E-state index >= 15 is 0 Å². The standard InChI is InChI=1S/C25H29ClN2O5/c1-5-27(6-2)17-9-7-16(8-10-17)22-21(24(30)25(31)28(22)13-14-32-3)23(29)19-15-18(33-4)11-12-20(19)26/h7-12,15,22,29H,5-6,13-14H2,1-4H3/b23-21+. The third kappa shape index (κ3) is 4.84. The number of likely N-dealkylation sites (tertiary alicyclic amines) is 1. The molecule has 3 rings (SSSR count). The first-order valence-electron chi connectivity index (χ1n) is 10.8. The molecule has 1 saturated heterocycles. The lowest BCUT2D eigenvalue weighted by Crippen LogP contribution is -2.32. The molecule has 1 N–H and O–H groups in total. The van der Waals surface area contributed by atoms with E-state index in [2.05, 4.69) is 18.7 Å². The molecule has 0 bridgehead atoms. The van der Waals surface area contributed by atoms with E-state index in [1.54, 1.807) is 18.2 Å². The largest absolute Gasteiger partial charge is 0.507 e. The van der Waals surface area contributed by atoms with Gasteiger partial charge in [-0.2, -0.15) is 0 Å². The van der Waals surface area contributed by atoms with Gasteiger partial charge in [-0.15, -0.1) is 0 Å². The number of methoxy groups -OCH3 is 2. The van der Waals surface area contributed by atoms with Crippen molar-refractivity contribution in [2.45, 2.75) is 19.9 Å². The van der Waals surface area contributed by atoms with Crippen LogP contribution in [0.2, 0.25) is 5.02 Å². The maximum absolute atomic E-state index is 13.1. The Morgan fingerprint density at radius 3 is 2.33 bits per heavy atom. The summed E-state index contributed by atoms with van der Waals surface area (Å²) in [4.78, 5) is 29.6. The van der Waals surface area contributed by atoms with Crippen LogP contribution in [0.15, 0.2) is 48.0 Å². The van der Waals surface area contributed by atoms with Gasteiger partial charge in [0.1, 0.15) is 11.5 Å². The summed E-state index contributed by atoms with van der Waals surface area (Å²) < 4.78 is 10.4. The van der Waals surface area contributed by atoms with E-state index in [0.29, 0.717) is 11.3 Å². The van der Waals surface area contributed by atoms with E-state index in [0.717, 1.165) is 18.8 Å². The van der Waals surface area contributed by atoms with Crippen molar-refractivity contribution < 1.29 is 24.2 Å². The van der Waals surface area contributed by atoms with Crippen molar-refractivity contribution in [1.29, 1.82) is 0 Å². The van der Waals surface area contributed by atoms with Gasteiger partial charge in [-0.05, 0) is 49.7 Å². The summed E-state index contributed by atoms with van der Waals surface area (Å²) in [6.07, 6.45) is 0. The number of benzene rings is 2. The maximum Gasteiger partial charge on any atom is 0.295 e. The Morgan fingerprint density at radius 2 is 1.76 bits per heavy atom. The van der Waals surface area contributed by atoms with Crippen LogP contribution >= 0.6 is 11.6 Å². The third-order valence-electron chi connectivity index (χ3n) is 5.84. The Balaban J connectivity index is 2.16. The maximum atomic E-state index is 13.1. The van der Waals surface area contributed by atoms with Gasteiger partial charge in [0.2, 0.25) is 0 Å². The molecule has 176 valence electrons. The highest BCUT2D eigenvalue weighted by atomic mass is 35.5. The highest BCUT2D eigenvalue weighted by molar-refractivity contribution is 6.47. The molecule has 1 aliphatic heterocycles. The average molecular weight is 473 g/mol. The van der Waals surface area contributed by atoms with Crippen LogP contribution in [0, 0.1) is 0 Å². The lowest BCUT2D eigenvalue weighted by Gasteiger charge is -2.26. The Morgan fingerprint density at radius 1 is 1.09 bits per heavy atom. The van der Waals surface area contributed by atoms with Crippen LogP contribution in [0.4, 0.5) is 5.69 Å². The number of aliphatic hydroxyl groups excluding tert-OH is 1. The second-order valence-electron chi connectivity index (χ2n) is 7.59. The van der Waals surface area contributed by atoms with Crippen molar-refractivity contribution in [1.82, 2.24) is 4.90 Å². The highest BCUT2D eigenvalue weighted by Gasteiger charge is 2.46. The fourth-order valence-electron chi connectivity index (χ4n) is 4.06. The van der Waals surface area contributed by atoms with Gasteiger partial charge in [0.15, 0.2) is 0 Å². The van der Waals surface area contributed by atoms with Crippen molar-refractivity contribution in [3.63, 3.8) is 0 Å². The number of ether oxygens (including phenoxy) is 2. The van der Waals surface area contributed by atoms with Gasteiger partial charge in [-0.3, -0.25) is 9.59 Å². The molecular formula is C25H29ClN2O5. The van der Waals surface area contributed by atoms with Crippen molar-refractivity contribution in [2.75, 3.05) is 45.4 Å². The number of ketones is 1. The molecule has 2 aromatic rings. The number of aliphatic hydroxyl groups is 1. The second-order valence-corrected chi connectivity index (χ2v) is 8.00. The molecule has 1 fully saturated rings. The zero-order chi connectivity index (χ0) is 24.1. The van der Waals surface area contributed by atoms with Crippen LogP contribution in [0.25, 0.3) is 5.76 Å². The summed E-state index contributed by atoms with van der Waals surface area (Å²) in [5.74, 6) is -1.32. The molecular weight excluding hydrogens is 444 g/mol. The first kappa shape index (κ1) is 24.6. The van der Waals surface area contributed by atoms with Gasteiger partial charge in [-0.25, -0.2) is 0 Å². The molecule has 1 aliphatic rings. The molecule has 0 saturated carbocycles. The summed E-state index contributed by atoms with van der Waals surface area (Å²) >= 11 is 6.33. The monoisotopic (exact) mass is 472 g/mol. The van der Waals surface area contributed by atoms with Crippen molar-refractivity contribution >= 4 is 34.7 Å². The molecule has 33 heavy (non-hydrogen) atoms. The molecule has 1 unspecified atom stereocenters. The minimum absolute atomic E-state index is 0.0122. The van der Waals surface area contributed by atoms with Crippen LogP contribution in [0.1, 0.15) is 31.0 Å². The topological polar surface area (TPSA) is 79.3 Å². The Labute approximate surface area is 199 Å². The second kappa shape index (κ2) is 10.7. The normalized spacial score (nSPS) is 17.5. The summed E-state index contributed by atoms with van der Waals surface area (Å²) in [7, 11) is 3.02. The van der Waals surface area contributed by atoms with E-state index in [1.165, 1.54) is 19.1 Å². The lowest BCUT2D eigenvalue weighted by molar-refractivity contribution is -0.140. The molecule has 1 heterocycles. The summed E-state index contributed by atoms with van der Waals surface area (Å²) in [5.41, 5.74) is 1.96. The van der Waals surface area contributed by atoms with E-state index in [-0.39, 0.29) is 35.1 Å². The van der Waals surface area contributed by atoms with Crippen molar-refractivity contribution in [3.8, 4) is 5.75 Å². The Hall–Kier alpha value is -3.03. The van der Waals surface area contributed by atoms with Gasteiger partial charge in [0, 0.05) is 38.0 Å². The Kier molecular flexibility index (Phi) is 8.00. The van der Waals surface area contributed by atoms with E-state index in [1.807, 2.05) is 24.3 Å². The van der Waals surface area contributed by atoms with E-state index in [4.69, 9.17) is 21.1 Å². The predicted octanol–water partition coefficient (Wildman–Crippen LogP) is 4.26. The summed E-state index contributed by atoms with van der Waals surface area (Å²) in [6.45, 7) is 6.32. The van der Waals surface area contributed by atoms with Gasteiger partial charge < -0.3 is 24.4 Å². The molecule has 7 nitrogen and oxygen atoms in total. The number of hydrogen-bond acceptors (Lipinski definition) is 6. The third-order valence-corrected chi connectivity index (χ3v) is 6.17. The summed E-state index contributed by atoms with van der Waals surface area (Å²) in [6, 6.07) is 11.7. The Bertz CT molecular complexity index is 1050. The lowest BCUT2D eigenvalue weighted by atomic mass is 9.95. The number of carbonyl (C=O) groups is 2. The molecule has 0 spiro atoms. The minimum atomic E-state index is -0.770. The molecule has 1 amide bonds. The van der Waals surface area contributed by atoms with Crippen LogP contribution in [-0.2, 0) is 14.3 Å². The van der Waals surface area contributed by atoms with Gasteiger partial charge in [-0.1, -0.05) is 23.7 Å². The number of halogens is 1. The van der Waals surface area contributed by atoms with Crippen molar-refractivity contribution in [3.05, 3.63) is 64.2 Å². The SMILES string of the molecule is CCN(CC)c1ccc(C2/C(=C(\O)c3cc(OC)ccc3Cl)C(=O)C(=O)N2CCOC)cc1. The van der Waals surface area contributed by atoms with E-state index < -0.39 is 17.7 Å². The van der Waals surface area contributed by atoms with Crippen LogP contribution in [-0.4, -0.2) is 62.2 Å². The highest BCUT2D eigenvalue weighted by Crippen LogP contribution is 2.41. The quantitative estimate of drug-likeness (QED) is 0.333. The number of anilines is 1. The first-order valence-corrected chi connectivity index (χ1v) is 11.2. The van der Waals surface area contributed by atoms with E-state index in [9.17, 15) is 14.7 Å². The smallest absolute Gasteiger partial charge is 0.295 e. The number of rotatable bonds is 9. The molecule has 8 heteroatoms. The van der Waals surface area contributed by atoms with Crippen molar-refractivity contribution in [2.24, 2.45) is 0 Å². The molecule has 0 aliphatic carbocycles.